The molecular weight excluding hydrogens is 276 g/mol. The Labute approximate surface area is 124 Å². The van der Waals surface area contributed by atoms with E-state index in [4.69, 9.17) is 16.3 Å². The first-order valence-corrected chi connectivity index (χ1v) is 7.37. The summed E-state index contributed by atoms with van der Waals surface area (Å²) in [5.41, 5.74) is 0.826. The Kier molecular flexibility index (Phi) is 5.68. The molecule has 0 bridgehead atoms. The van der Waals surface area contributed by atoms with Crippen molar-refractivity contribution < 1.29 is 9.53 Å². The normalized spacial score (nSPS) is 18.6. The molecule has 5 heteroatoms. The zero-order valence-corrected chi connectivity index (χ0v) is 12.5. The van der Waals surface area contributed by atoms with Crippen LogP contribution in [0.15, 0.2) is 18.2 Å². The summed E-state index contributed by atoms with van der Waals surface area (Å²) in [7, 11) is 1.60. The van der Waals surface area contributed by atoms with Gasteiger partial charge in [0.15, 0.2) is 0 Å². The van der Waals surface area contributed by atoms with Gasteiger partial charge >= 0.3 is 0 Å². The fourth-order valence-electron chi connectivity index (χ4n) is 2.52. The van der Waals surface area contributed by atoms with Gasteiger partial charge in [-0.25, -0.2) is 0 Å². The standard InChI is InChI=1S/C15H21ClN2O2/c1-20-14-6-2-5-13(16)12(14)10-18-15(19)8-11-4-3-7-17-9-11/h2,5-6,11,17H,3-4,7-10H2,1H3,(H,18,19). The predicted octanol–water partition coefficient (Wildman–Crippen LogP) is 2.35. The molecule has 1 atom stereocenters. The number of hydrogen-bond donors (Lipinski definition) is 2. The zero-order valence-electron chi connectivity index (χ0n) is 11.7. The quantitative estimate of drug-likeness (QED) is 0.877. The van der Waals surface area contributed by atoms with Crippen LogP contribution in [0.4, 0.5) is 0 Å². The van der Waals surface area contributed by atoms with Gasteiger partial charge in [0.25, 0.3) is 0 Å². The van der Waals surface area contributed by atoms with Crippen molar-refractivity contribution in [2.45, 2.75) is 25.8 Å². The molecule has 4 nitrogen and oxygen atoms in total. The molecule has 110 valence electrons. The van der Waals surface area contributed by atoms with Crippen molar-refractivity contribution in [3.8, 4) is 5.75 Å². The smallest absolute Gasteiger partial charge is 0.220 e. The van der Waals surface area contributed by atoms with Gasteiger partial charge in [0, 0.05) is 23.6 Å². The third kappa shape index (κ3) is 4.12. The van der Waals surface area contributed by atoms with Gasteiger partial charge in [-0.3, -0.25) is 4.79 Å². The van der Waals surface area contributed by atoms with Crippen LogP contribution in [0.25, 0.3) is 0 Å². The van der Waals surface area contributed by atoms with Crippen molar-refractivity contribution in [3.05, 3.63) is 28.8 Å². The van der Waals surface area contributed by atoms with Gasteiger partial charge in [-0.2, -0.15) is 0 Å². The maximum Gasteiger partial charge on any atom is 0.220 e. The summed E-state index contributed by atoms with van der Waals surface area (Å²) in [6.45, 7) is 2.40. The molecular formula is C15H21ClN2O2. The van der Waals surface area contributed by atoms with E-state index in [1.807, 2.05) is 12.1 Å². The molecule has 1 aliphatic rings. The van der Waals surface area contributed by atoms with Crippen molar-refractivity contribution in [2.75, 3.05) is 20.2 Å². The average Bonchev–Trinajstić information content (AvgIpc) is 2.46. The lowest BCUT2D eigenvalue weighted by Crippen LogP contribution is -2.34. The molecule has 0 radical (unpaired) electrons. The SMILES string of the molecule is COc1cccc(Cl)c1CNC(=O)CC1CCCNC1. The molecule has 1 saturated heterocycles. The predicted molar refractivity (Wildman–Crippen MR) is 80.1 cm³/mol. The highest BCUT2D eigenvalue weighted by molar-refractivity contribution is 6.31. The van der Waals surface area contributed by atoms with Crippen molar-refractivity contribution in [1.29, 1.82) is 0 Å². The first-order chi connectivity index (χ1) is 9.70. The van der Waals surface area contributed by atoms with Gasteiger partial charge in [-0.1, -0.05) is 17.7 Å². The summed E-state index contributed by atoms with van der Waals surface area (Å²) in [6, 6.07) is 5.48. The summed E-state index contributed by atoms with van der Waals surface area (Å²) >= 11 is 6.14. The van der Waals surface area contributed by atoms with Crippen molar-refractivity contribution in [2.24, 2.45) is 5.92 Å². The molecule has 1 heterocycles. The van der Waals surface area contributed by atoms with Crippen LogP contribution in [0.1, 0.15) is 24.8 Å². The second kappa shape index (κ2) is 7.50. The number of rotatable bonds is 5. The molecule has 0 saturated carbocycles. The molecule has 0 aromatic heterocycles. The summed E-state index contributed by atoms with van der Waals surface area (Å²) in [5, 5.41) is 6.87. The van der Waals surface area contributed by atoms with Gasteiger partial charge in [0.05, 0.1) is 7.11 Å². The van der Waals surface area contributed by atoms with Gasteiger partial charge in [-0.05, 0) is 44.0 Å². The van der Waals surface area contributed by atoms with E-state index >= 15 is 0 Å². The number of carbonyl (C=O) groups excluding carboxylic acids is 1. The van der Waals surface area contributed by atoms with Crippen LogP contribution in [-0.4, -0.2) is 26.1 Å². The summed E-state index contributed by atoms with van der Waals surface area (Å²) in [6.07, 6.45) is 2.84. The van der Waals surface area contributed by atoms with Crippen LogP contribution in [-0.2, 0) is 11.3 Å². The Morgan fingerprint density at radius 2 is 2.40 bits per heavy atom. The van der Waals surface area contributed by atoms with Crippen molar-refractivity contribution in [1.82, 2.24) is 10.6 Å². The third-order valence-corrected chi connectivity index (χ3v) is 3.99. The van der Waals surface area contributed by atoms with E-state index in [0.717, 1.165) is 31.5 Å². The number of hydrogen-bond acceptors (Lipinski definition) is 3. The highest BCUT2D eigenvalue weighted by Gasteiger charge is 2.17. The first kappa shape index (κ1) is 15.1. The number of piperidine rings is 1. The Hall–Kier alpha value is -1.26. The molecule has 1 unspecified atom stereocenters. The largest absolute Gasteiger partial charge is 0.496 e. The molecule has 0 spiro atoms. The molecule has 1 aromatic carbocycles. The van der Waals surface area contributed by atoms with Crippen LogP contribution < -0.4 is 15.4 Å². The van der Waals surface area contributed by atoms with Crippen LogP contribution in [0.2, 0.25) is 5.02 Å². The molecule has 1 amide bonds. The number of amides is 1. The number of carbonyl (C=O) groups is 1. The zero-order chi connectivity index (χ0) is 14.4. The molecule has 20 heavy (non-hydrogen) atoms. The van der Waals surface area contributed by atoms with E-state index in [1.54, 1.807) is 13.2 Å². The minimum Gasteiger partial charge on any atom is -0.496 e. The second-order valence-electron chi connectivity index (χ2n) is 5.11. The molecule has 2 rings (SSSR count). The van der Waals surface area contributed by atoms with E-state index in [-0.39, 0.29) is 5.91 Å². The van der Waals surface area contributed by atoms with E-state index in [9.17, 15) is 4.79 Å². The number of halogens is 1. The Morgan fingerprint density at radius 1 is 1.55 bits per heavy atom. The van der Waals surface area contributed by atoms with Crippen LogP contribution in [0.3, 0.4) is 0 Å². The van der Waals surface area contributed by atoms with Gasteiger partial charge in [0.1, 0.15) is 5.75 Å². The highest BCUT2D eigenvalue weighted by atomic mass is 35.5. The van der Waals surface area contributed by atoms with E-state index < -0.39 is 0 Å². The minimum absolute atomic E-state index is 0.0701. The monoisotopic (exact) mass is 296 g/mol. The Bertz CT molecular complexity index is 459. The van der Waals surface area contributed by atoms with Crippen molar-refractivity contribution in [3.63, 3.8) is 0 Å². The average molecular weight is 297 g/mol. The summed E-state index contributed by atoms with van der Waals surface area (Å²) in [5.74, 6) is 1.22. The first-order valence-electron chi connectivity index (χ1n) is 6.99. The maximum absolute atomic E-state index is 12.0. The van der Waals surface area contributed by atoms with Gasteiger partial charge in [-0.15, -0.1) is 0 Å². The van der Waals surface area contributed by atoms with E-state index in [2.05, 4.69) is 10.6 Å². The molecule has 1 aliphatic heterocycles. The van der Waals surface area contributed by atoms with Crippen LogP contribution >= 0.6 is 11.6 Å². The lowest BCUT2D eigenvalue weighted by atomic mass is 9.96. The fourth-order valence-corrected chi connectivity index (χ4v) is 2.75. The third-order valence-electron chi connectivity index (χ3n) is 3.63. The summed E-state index contributed by atoms with van der Waals surface area (Å²) < 4.78 is 5.26. The number of nitrogens with one attached hydrogen (secondary N) is 2. The lowest BCUT2D eigenvalue weighted by Gasteiger charge is -2.22. The van der Waals surface area contributed by atoms with Gasteiger partial charge < -0.3 is 15.4 Å². The number of benzene rings is 1. The molecule has 1 fully saturated rings. The number of ether oxygens (including phenoxy) is 1. The molecule has 2 N–H and O–H groups in total. The van der Waals surface area contributed by atoms with E-state index in [0.29, 0.717) is 29.7 Å². The Morgan fingerprint density at radius 3 is 3.10 bits per heavy atom. The van der Waals surface area contributed by atoms with Crippen LogP contribution in [0, 0.1) is 5.92 Å². The maximum atomic E-state index is 12.0. The summed E-state index contributed by atoms with van der Waals surface area (Å²) in [4.78, 5) is 12.0. The van der Waals surface area contributed by atoms with Gasteiger partial charge in [0.2, 0.25) is 5.91 Å². The van der Waals surface area contributed by atoms with Crippen LogP contribution in [0.5, 0.6) is 5.75 Å². The van der Waals surface area contributed by atoms with Crippen molar-refractivity contribution >= 4 is 17.5 Å². The number of methoxy groups -OCH3 is 1. The highest BCUT2D eigenvalue weighted by Crippen LogP contribution is 2.26. The fraction of sp³-hybridized carbons (Fsp3) is 0.533. The second-order valence-corrected chi connectivity index (χ2v) is 5.52. The lowest BCUT2D eigenvalue weighted by molar-refractivity contribution is -0.122. The topological polar surface area (TPSA) is 50.4 Å². The molecule has 1 aromatic rings. The Balaban J connectivity index is 1.86. The molecule has 0 aliphatic carbocycles. The van der Waals surface area contributed by atoms with E-state index in [1.165, 1.54) is 0 Å². The minimum atomic E-state index is 0.0701.